The smallest absolute Gasteiger partial charge is 0.246 e. The number of pyridine rings is 4. The minimum Gasteiger partial charge on any atom is -0.493 e. The first-order valence-electron chi connectivity index (χ1n) is 51.5. The van der Waals surface area contributed by atoms with Gasteiger partial charge in [-0.3, -0.25) is 43.9 Å². The number of likely N-dealkylation sites (N-methyl/N-ethyl adjacent to an activating group) is 2. The van der Waals surface area contributed by atoms with Gasteiger partial charge < -0.3 is 99.9 Å². The number of anilines is 10. The molecule has 15 aliphatic rings. The molecule has 0 aliphatic carbocycles. The fourth-order valence-electron chi connectivity index (χ4n) is 25.8. The van der Waals surface area contributed by atoms with E-state index in [-0.39, 0.29) is 35.6 Å². The summed E-state index contributed by atoms with van der Waals surface area (Å²) in [6.45, 7) is 18.7. The first-order chi connectivity index (χ1) is 69.0. The third-order valence-corrected chi connectivity index (χ3v) is 32.7. The minimum atomic E-state index is -0.420. The van der Waals surface area contributed by atoms with Gasteiger partial charge in [0.2, 0.25) is 29.5 Å². The summed E-state index contributed by atoms with van der Waals surface area (Å²) in [5, 5.41) is 50.6. The van der Waals surface area contributed by atoms with Crippen LogP contribution in [0.25, 0.3) is 0 Å². The maximum Gasteiger partial charge on any atom is 0.246 e. The molecule has 0 bridgehead atoms. The first-order valence-corrected chi connectivity index (χ1v) is 51.5. The van der Waals surface area contributed by atoms with E-state index in [9.17, 15) is 44.4 Å². The zero-order valence-electron chi connectivity index (χ0n) is 81.0. The van der Waals surface area contributed by atoms with Crippen LogP contribution in [0.2, 0.25) is 0 Å². The Bertz CT molecular complexity index is 5790. The zero-order chi connectivity index (χ0) is 96.3. The van der Waals surface area contributed by atoms with Crippen molar-refractivity contribution in [2.75, 3.05) is 202 Å². The number of aromatic nitrogens is 4. The van der Waals surface area contributed by atoms with Crippen LogP contribution in [0.1, 0.15) is 194 Å². The Balaban J connectivity index is 0.000000104. The molecule has 29 heteroatoms. The van der Waals surface area contributed by atoms with Crippen LogP contribution in [-0.4, -0.2) is 276 Å². The van der Waals surface area contributed by atoms with E-state index >= 15 is 0 Å². The van der Waals surface area contributed by atoms with Crippen molar-refractivity contribution in [2.24, 2.45) is 0 Å². The van der Waals surface area contributed by atoms with Crippen LogP contribution < -0.4 is 55.0 Å². The fraction of sp³-hybridized carbons (Fsp3) is 0.455. The van der Waals surface area contributed by atoms with Crippen molar-refractivity contribution in [3.8, 4) is 5.75 Å². The average molecular weight is 1910 g/mol. The quantitative estimate of drug-likeness (QED) is 0.0262. The van der Waals surface area contributed by atoms with Crippen molar-refractivity contribution in [3.05, 3.63) is 270 Å². The number of para-hydroxylation sites is 5. The molecule has 7 N–H and O–H groups in total. The second kappa shape index (κ2) is 42.5. The van der Waals surface area contributed by atoms with Gasteiger partial charge in [-0.15, -0.1) is 0 Å². The summed E-state index contributed by atoms with van der Waals surface area (Å²) < 4.78 is 5.79. The van der Waals surface area contributed by atoms with Crippen LogP contribution >= 0.6 is 0 Å². The van der Waals surface area contributed by atoms with E-state index in [1.54, 1.807) is 49.6 Å². The molecular formula is C112H133N19O10. The minimum absolute atomic E-state index is 0.0952. The summed E-state index contributed by atoms with van der Waals surface area (Å²) in [6, 6.07) is 59.0. The first kappa shape index (κ1) is 94.9. The molecule has 29 nitrogen and oxygen atoms in total. The van der Waals surface area contributed by atoms with Crippen molar-refractivity contribution in [3.63, 3.8) is 0 Å². The molecule has 19 heterocycles. The number of carbonyl (C=O) groups is 5. The number of amides is 5. The third-order valence-electron chi connectivity index (χ3n) is 32.7. The van der Waals surface area contributed by atoms with Gasteiger partial charge in [0.05, 0.1) is 121 Å². The number of ether oxygens (including phenoxy) is 1. The summed E-state index contributed by atoms with van der Waals surface area (Å²) in [5.41, 5.74) is 22.1. The molecule has 14 atom stereocenters. The summed E-state index contributed by atoms with van der Waals surface area (Å²) in [5.74, 6) is 3.89. The number of hydrogen-bond acceptors (Lipinski definition) is 24. The topological polar surface area (TPSA) is 302 Å². The second-order valence-electron chi connectivity index (χ2n) is 40.9. The Hall–Kier alpha value is -12.3. The lowest BCUT2D eigenvalue weighted by molar-refractivity contribution is -0.118. The molecule has 5 fully saturated rings. The van der Waals surface area contributed by atoms with Gasteiger partial charge in [-0.2, -0.15) is 0 Å². The zero-order valence-corrected chi connectivity index (χ0v) is 81.0. The number of fused-ring (bicyclic) bond motifs is 15. The van der Waals surface area contributed by atoms with Gasteiger partial charge in [0, 0.05) is 195 Å². The summed E-state index contributed by atoms with van der Waals surface area (Å²) in [4.78, 5) is 105. The number of benzene rings is 6. The Kier molecular flexibility index (Phi) is 28.6. The van der Waals surface area contributed by atoms with Gasteiger partial charge >= 0.3 is 0 Å². The molecule has 0 radical (unpaired) electrons. The highest BCUT2D eigenvalue weighted by Crippen LogP contribution is 2.56. The molecule has 0 spiro atoms. The normalized spacial score (nSPS) is 24.3. The predicted molar refractivity (Wildman–Crippen MR) is 550 cm³/mol. The summed E-state index contributed by atoms with van der Waals surface area (Å²) >= 11 is 0. The molecule has 5 amide bonds. The van der Waals surface area contributed by atoms with Gasteiger partial charge in [-0.1, -0.05) is 91.0 Å². The van der Waals surface area contributed by atoms with Crippen LogP contribution in [0.4, 0.5) is 56.9 Å². The highest BCUT2D eigenvalue weighted by molar-refractivity contribution is 6.07. The van der Waals surface area contributed by atoms with Crippen LogP contribution in [0.5, 0.6) is 5.75 Å². The Morgan fingerprint density at radius 3 is 0.894 bits per heavy atom. The van der Waals surface area contributed by atoms with Crippen LogP contribution in [-0.2, 0) is 24.0 Å². The molecule has 0 saturated carbocycles. The molecule has 0 unspecified atom stereocenters. The van der Waals surface area contributed by atoms with E-state index in [4.69, 9.17) is 4.74 Å². The van der Waals surface area contributed by atoms with E-state index in [2.05, 4.69) is 158 Å². The summed E-state index contributed by atoms with van der Waals surface area (Å²) in [6.07, 6.45) is 25.7. The number of hydrogen-bond donors (Lipinski definition) is 7. The van der Waals surface area contributed by atoms with E-state index in [0.29, 0.717) is 92.5 Å². The number of aliphatic hydroxyl groups excluding tert-OH is 4. The molecule has 10 aromatic rings. The van der Waals surface area contributed by atoms with Crippen molar-refractivity contribution in [2.45, 2.75) is 174 Å². The van der Waals surface area contributed by atoms with Crippen LogP contribution in [0.3, 0.4) is 0 Å². The Labute approximate surface area is 826 Å². The lowest BCUT2D eigenvalue weighted by Crippen LogP contribution is -2.51. The van der Waals surface area contributed by atoms with Crippen molar-refractivity contribution >= 4 is 86.4 Å². The van der Waals surface area contributed by atoms with Crippen LogP contribution in [0.15, 0.2) is 219 Å². The third kappa shape index (κ3) is 20.0. The van der Waals surface area contributed by atoms with Crippen molar-refractivity contribution in [1.29, 1.82) is 0 Å². The van der Waals surface area contributed by atoms with Crippen LogP contribution in [0, 0.1) is 0 Å². The van der Waals surface area contributed by atoms with Gasteiger partial charge in [-0.25, -0.2) is 0 Å². The molecule has 5 saturated heterocycles. The van der Waals surface area contributed by atoms with Gasteiger partial charge in [0.1, 0.15) is 5.75 Å². The van der Waals surface area contributed by atoms with E-state index in [1.165, 1.54) is 56.3 Å². The predicted octanol–water partition coefficient (Wildman–Crippen LogP) is 13.2. The second-order valence-corrected chi connectivity index (χ2v) is 40.9. The molecule has 141 heavy (non-hydrogen) atoms. The fourth-order valence-corrected chi connectivity index (χ4v) is 25.8. The standard InChI is InChI=1S/2C23H28N4O2.C23H27N3O2.C22H26N4O2.C21H24N4O2/c2*1-25-20-5-2-4-17-18-14-26(12-3-6-21(28)16-7-10-24-11-8-16)13-9-19(18)27(23(17)20)15-22(25)29;27-21(16-6-2-1-3-7-16)10-5-12-25-13-11-20-18(14-25)17-8-4-9-19-23(17)26(20)15-22(28)24-19;27-20(15-6-9-23-10-7-15)5-2-11-25-12-8-19-17(13-25)16-3-1-4-18-22(16)26(19)14-21(28)24-18;26-20-14-25-19-7-11-24(10-2-12-27-15-5-8-22-9-6-15)13-17(19)16-3-1-4-18(23-20)21(16)25/h2*2,4-5,7-8,10-11,18-19,21,28H,3,6,9,12-15H2,1H3;1-4,6-9,18,20-21,27H,5,10-15H2,(H,24,28);1,3-4,6-7,9-10,17,19-20,27H,2,5,8,11-14H2,(H,24,28);1,3-6,8-9,17,19H,2,7,10-14H2,(H,23,26)/t18-,19-,21+;18-,19-,21-;18-,20-,21+;17-,19-,20-;17-,19-/m00000/s1. The SMILES string of the molecule is CN1C(=O)CN2c3c(cccc31)[C@@H]1CN(CCC[C@@H](O)c3ccncc3)CC[C@@H]12.CN1C(=O)CN2c3c(cccc31)[C@@H]1CN(CCC[C@H](O)c3ccncc3)CC[C@@H]12.O=C1CN2c3c(cccc3[C@@H]3CN(CCCOc4ccncc4)CC[C@@H]32)N1.O=C1CN2c3c(cccc3[C@@H]3CN(CCC[C@@H](O)c4ccccc4)CC[C@@H]32)N1.O=C1CN2c3c(cccc3[C@@H]3CN(CCC[C@H](O)c4ccncc4)CC[C@@H]32)N1. The van der Waals surface area contributed by atoms with E-state index in [1.807, 2.05) is 121 Å². The number of rotatable bonds is 25. The van der Waals surface area contributed by atoms with Gasteiger partial charge in [-0.05, 0) is 245 Å². The van der Waals surface area contributed by atoms with E-state index < -0.39 is 18.3 Å². The highest BCUT2D eigenvalue weighted by atomic mass is 16.5. The molecular weight excluding hydrogens is 1770 g/mol. The van der Waals surface area contributed by atoms with E-state index in [0.717, 1.165) is 251 Å². The van der Waals surface area contributed by atoms with Crippen molar-refractivity contribution < 1.29 is 49.1 Å². The molecule has 25 rings (SSSR count). The number of piperidine rings is 5. The number of nitrogens with zero attached hydrogens (tertiary/aromatic N) is 16. The lowest BCUT2D eigenvalue weighted by Gasteiger charge is -2.41. The number of nitrogens with one attached hydrogen (secondary N) is 3. The van der Waals surface area contributed by atoms with Gasteiger partial charge in [0.15, 0.2) is 0 Å². The maximum absolute atomic E-state index is 12.5. The monoisotopic (exact) mass is 1900 g/mol. The summed E-state index contributed by atoms with van der Waals surface area (Å²) in [7, 11) is 3.77. The molecule has 736 valence electrons. The number of aliphatic hydroxyl groups is 4. The van der Waals surface area contributed by atoms with Crippen molar-refractivity contribution in [1.82, 2.24) is 44.4 Å². The maximum atomic E-state index is 12.5. The van der Waals surface area contributed by atoms with Gasteiger partial charge in [0.25, 0.3) is 0 Å². The number of carbonyl (C=O) groups excluding carboxylic acids is 5. The Morgan fingerprint density at radius 1 is 0.312 bits per heavy atom. The Morgan fingerprint density at radius 2 is 0.582 bits per heavy atom. The molecule has 6 aromatic carbocycles. The molecule has 4 aromatic heterocycles. The highest BCUT2D eigenvalue weighted by Gasteiger charge is 2.52. The largest absolute Gasteiger partial charge is 0.493 e. The molecule has 15 aliphatic heterocycles. The number of likely N-dealkylation sites (tertiary alicyclic amines) is 5. The lowest BCUT2D eigenvalue weighted by atomic mass is 9.89. The average Bonchev–Trinajstić information content (AvgIpc) is 1.59.